The Morgan fingerprint density at radius 3 is 2.50 bits per heavy atom. The number of nitrogens with one attached hydrogen (secondary N) is 1. The molecule has 96 valence electrons. The number of para-hydroxylation sites is 1. The van der Waals surface area contributed by atoms with E-state index in [1.54, 1.807) is 0 Å². The van der Waals surface area contributed by atoms with E-state index in [0.717, 1.165) is 27.3 Å². The normalized spacial score (nSPS) is 11.2. The van der Waals surface area contributed by atoms with Crippen molar-refractivity contribution in [3.63, 3.8) is 0 Å². The van der Waals surface area contributed by atoms with Gasteiger partial charge in [-0.15, -0.1) is 0 Å². The fraction of sp³-hybridized carbons (Fsp3) is 0. The van der Waals surface area contributed by atoms with Crippen LogP contribution in [0.1, 0.15) is 0 Å². The first-order chi connectivity index (χ1) is 9.83. The van der Waals surface area contributed by atoms with Crippen molar-refractivity contribution in [3.05, 3.63) is 65.8 Å². The summed E-state index contributed by atoms with van der Waals surface area (Å²) in [4.78, 5) is 8.10. The van der Waals surface area contributed by atoms with E-state index in [0.29, 0.717) is 0 Å². The van der Waals surface area contributed by atoms with E-state index < -0.39 is 0 Å². The van der Waals surface area contributed by atoms with Crippen molar-refractivity contribution in [1.82, 2.24) is 9.97 Å². The summed E-state index contributed by atoms with van der Waals surface area (Å²) >= 11 is 5.96. The van der Waals surface area contributed by atoms with Gasteiger partial charge >= 0.3 is 0 Å². The fourth-order valence-corrected chi connectivity index (χ4v) is 2.71. The van der Waals surface area contributed by atoms with Crippen molar-refractivity contribution in [2.45, 2.75) is 0 Å². The highest BCUT2D eigenvalue weighted by atomic mass is 35.5. The largest absolute Gasteiger partial charge is 0.359 e. The molecule has 0 amide bonds. The van der Waals surface area contributed by atoms with Crippen molar-refractivity contribution in [2.24, 2.45) is 0 Å². The van der Waals surface area contributed by atoms with Gasteiger partial charge in [0.05, 0.1) is 16.7 Å². The molecule has 2 nitrogen and oxygen atoms in total. The summed E-state index contributed by atoms with van der Waals surface area (Å²) in [6.45, 7) is 0. The maximum absolute atomic E-state index is 5.96. The van der Waals surface area contributed by atoms with Crippen LogP contribution in [0.4, 0.5) is 0 Å². The Labute approximate surface area is 121 Å². The summed E-state index contributed by atoms with van der Waals surface area (Å²) in [6, 6.07) is 18.1. The topological polar surface area (TPSA) is 28.7 Å². The third kappa shape index (κ3) is 1.69. The third-order valence-corrected chi connectivity index (χ3v) is 3.78. The van der Waals surface area contributed by atoms with Crippen molar-refractivity contribution in [3.8, 4) is 11.3 Å². The second kappa shape index (κ2) is 4.36. The van der Waals surface area contributed by atoms with Crippen molar-refractivity contribution in [1.29, 1.82) is 0 Å². The van der Waals surface area contributed by atoms with Gasteiger partial charge in [-0.25, -0.2) is 4.98 Å². The Morgan fingerprint density at radius 2 is 1.65 bits per heavy atom. The number of nitrogens with zero attached hydrogens (tertiary/aromatic N) is 1. The summed E-state index contributed by atoms with van der Waals surface area (Å²) in [5.41, 5.74) is 4.09. The standard InChI is InChI=1S/C17H11ClN2/c18-12-7-5-11(6-8-12)16-17-14(9-10-19-17)13-3-1-2-4-15(13)20-16/h1-10,19H. The Balaban J connectivity index is 2.11. The third-order valence-electron chi connectivity index (χ3n) is 3.53. The summed E-state index contributed by atoms with van der Waals surface area (Å²) in [6.07, 6.45) is 1.96. The molecule has 0 fully saturated rings. The van der Waals surface area contributed by atoms with E-state index in [9.17, 15) is 0 Å². The van der Waals surface area contributed by atoms with Crippen LogP contribution in [0.15, 0.2) is 60.8 Å². The van der Waals surface area contributed by atoms with Crippen LogP contribution in [-0.4, -0.2) is 9.97 Å². The van der Waals surface area contributed by atoms with Crippen LogP contribution in [0.2, 0.25) is 5.02 Å². The number of hydrogen-bond donors (Lipinski definition) is 1. The molecule has 0 saturated carbocycles. The minimum absolute atomic E-state index is 0.734. The van der Waals surface area contributed by atoms with Gasteiger partial charge in [-0.2, -0.15) is 0 Å². The quantitative estimate of drug-likeness (QED) is 0.519. The Bertz CT molecular complexity index is 907. The number of fused-ring (bicyclic) bond motifs is 3. The predicted molar refractivity (Wildman–Crippen MR) is 84.0 cm³/mol. The van der Waals surface area contributed by atoms with E-state index >= 15 is 0 Å². The number of pyridine rings is 1. The zero-order valence-electron chi connectivity index (χ0n) is 10.6. The summed E-state index contributed by atoms with van der Waals surface area (Å²) in [5.74, 6) is 0. The fourth-order valence-electron chi connectivity index (χ4n) is 2.58. The molecule has 20 heavy (non-hydrogen) atoms. The molecule has 0 spiro atoms. The second-order valence-corrected chi connectivity index (χ2v) is 5.19. The maximum Gasteiger partial charge on any atom is 0.0950 e. The molecule has 0 aliphatic rings. The Hall–Kier alpha value is -2.32. The zero-order chi connectivity index (χ0) is 13.5. The minimum atomic E-state index is 0.734. The molecule has 3 heteroatoms. The highest BCUT2D eigenvalue weighted by Gasteiger charge is 2.10. The summed E-state index contributed by atoms with van der Waals surface area (Å²) < 4.78 is 0. The number of halogens is 1. The molecule has 1 N–H and O–H groups in total. The average Bonchev–Trinajstić information content (AvgIpc) is 2.97. The van der Waals surface area contributed by atoms with Crippen LogP contribution in [-0.2, 0) is 0 Å². The SMILES string of the molecule is Clc1ccc(-c2nc3ccccc3c3cc[nH]c23)cc1. The average molecular weight is 279 g/mol. The first kappa shape index (κ1) is 11.5. The number of hydrogen-bond acceptors (Lipinski definition) is 1. The molecule has 4 rings (SSSR count). The van der Waals surface area contributed by atoms with E-state index in [4.69, 9.17) is 16.6 Å². The van der Waals surface area contributed by atoms with Gasteiger partial charge in [0.2, 0.25) is 0 Å². The molecular formula is C17H11ClN2. The Morgan fingerprint density at radius 1 is 0.850 bits per heavy atom. The molecule has 0 bridgehead atoms. The van der Waals surface area contributed by atoms with Gasteiger partial charge in [0.15, 0.2) is 0 Å². The number of aromatic nitrogens is 2. The first-order valence-electron chi connectivity index (χ1n) is 6.45. The predicted octanol–water partition coefficient (Wildman–Crippen LogP) is 5.04. The number of aromatic amines is 1. The lowest BCUT2D eigenvalue weighted by Gasteiger charge is -2.06. The van der Waals surface area contributed by atoms with Gasteiger partial charge < -0.3 is 4.98 Å². The van der Waals surface area contributed by atoms with Crippen molar-refractivity contribution < 1.29 is 0 Å². The number of benzene rings is 2. The van der Waals surface area contributed by atoms with Crippen LogP contribution in [0.25, 0.3) is 33.1 Å². The molecule has 0 unspecified atom stereocenters. The van der Waals surface area contributed by atoms with Crippen LogP contribution >= 0.6 is 11.6 Å². The smallest absolute Gasteiger partial charge is 0.0950 e. The molecule has 0 atom stereocenters. The lowest BCUT2D eigenvalue weighted by atomic mass is 10.1. The van der Waals surface area contributed by atoms with Gasteiger partial charge in [0.25, 0.3) is 0 Å². The van der Waals surface area contributed by atoms with E-state index in [1.807, 2.05) is 48.7 Å². The molecule has 0 aliphatic heterocycles. The van der Waals surface area contributed by atoms with E-state index in [1.165, 1.54) is 10.8 Å². The van der Waals surface area contributed by atoms with Crippen molar-refractivity contribution in [2.75, 3.05) is 0 Å². The lowest BCUT2D eigenvalue weighted by Crippen LogP contribution is -1.88. The molecule has 0 aliphatic carbocycles. The van der Waals surface area contributed by atoms with E-state index in [2.05, 4.69) is 17.1 Å². The highest BCUT2D eigenvalue weighted by Crippen LogP contribution is 2.31. The van der Waals surface area contributed by atoms with Gasteiger partial charge in [0, 0.05) is 27.6 Å². The van der Waals surface area contributed by atoms with Crippen LogP contribution < -0.4 is 0 Å². The monoisotopic (exact) mass is 278 g/mol. The van der Waals surface area contributed by atoms with Crippen LogP contribution in [0.3, 0.4) is 0 Å². The van der Waals surface area contributed by atoms with Gasteiger partial charge in [-0.05, 0) is 24.3 Å². The van der Waals surface area contributed by atoms with Gasteiger partial charge in [-0.1, -0.05) is 41.9 Å². The zero-order valence-corrected chi connectivity index (χ0v) is 11.4. The Kier molecular flexibility index (Phi) is 2.51. The van der Waals surface area contributed by atoms with Gasteiger partial charge in [-0.3, -0.25) is 0 Å². The minimum Gasteiger partial charge on any atom is -0.359 e. The first-order valence-corrected chi connectivity index (χ1v) is 6.82. The summed E-state index contributed by atoms with van der Waals surface area (Å²) in [5, 5.41) is 3.10. The summed E-state index contributed by atoms with van der Waals surface area (Å²) in [7, 11) is 0. The molecule has 0 radical (unpaired) electrons. The number of rotatable bonds is 1. The molecule has 2 aromatic carbocycles. The molecule has 4 aromatic rings. The van der Waals surface area contributed by atoms with Crippen LogP contribution in [0.5, 0.6) is 0 Å². The van der Waals surface area contributed by atoms with Gasteiger partial charge in [0.1, 0.15) is 0 Å². The molecule has 2 aromatic heterocycles. The highest BCUT2D eigenvalue weighted by molar-refractivity contribution is 6.30. The second-order valence-electron chi connectivity index (χ2n) is 4.75. The van der Waals surface area contributed by atoms with Crippen molar-refractivity contribution >= 4 is 33.4 Å². The molecule has 2 heterocycles. The molecular weight excluding hydrogens is 268 g/mol. The van der Waals surface area contributed by atoms with E-state index in [-0.39, 0.29) is 0 Å². The van der Waals surface area contributed by atoms with Crippen LogP contribution in [0, 0.1) is 0 Å². The number of H-pyrrole nitrogens is 1. The maximum atomic E-state index is 5.96. The molecule has 0 saturated heterocycles. The lowest BCUT2D eigenvalue weighted by molar-refractivity contribution is 1.39.